The van der Waals surface area contributed by atoms with E-state index in [9.17, 15) is 21.6 Å². The molecule has 11 heteroatoms. The predicted octanol–water partition coefficient (Wildman–Crippen LogP) is 3.02. The molecule has 0 aliphatic heterocycles. The monoisotopic (exact) mass is 465 g/mol. The van der Waals surface area contributed by atoms with E-state index in [0.29, 0.717) is 16.9 Å². The molecule has 3 aromatic rings. The molecule has 0 aliphatic carbocycles. The average Bonchev–Trinajstić information content (AvgIpc) is 3.25. The van der Waals surface area contributed by atoms with Gasteiger partial charge < -0.3 is 5.32 Å². The van der Waals surface area contributed by atoms with E-state index in [1.807, 2.05) is 0 Å². The van der Waals surface area contributed by atoms with Crippen LogP contribution in [0.15, 0.2) is 69.1 Å². The van der Waals surface area contributed by atoms with E-state index < -0.39 is 26.0 Å². The number of sulfonamides is 2. The molecule has 1 heterocycles. The minimum absolute atomic E-state index is 0.0705. The van der Waals surface area contributed by atoms with Gasteiger partial charge in [0.2, 0.25) is 10.0 Å². The van der Waals surface area contributed by atoms with Crippen LogP contribution in [-0.2, 0) is 20.0 Å². The molecule has 0 aliphatic rings. The third kappa shape index (κ3) is 4.87. The lowest BCUT2D eigenvalue weighted by molar-refractivity contribution is 0.102. The third-order valence-electron chi connectivity index (χ3n) is 4.16. The van der Waals surface area contributed by atoms with Gasteiger partial charge in [0, 0.05) is 16.9 Å². The standard InChI is InChI=1S/C19H19N3O5S3/c1-13-5-8-16(12-17(13)29(24,25)20-2)21-19(23)14-6-9-15(10-7-14)22-30(26,27)18-4-3-11-28-18/h3-12,20,22H,1-2H3,(H,21,23). The SMILES string of the molecule is CNS(=O)(=O)c1cc(NC(=O)c2ccc(NS(=O)(=O)c3cccs3)cc2)ccc1C. The molecule has 0 atom stereocenters. The van der Waals surface area contributed by atoms with Crippen molar-refractivity contribution in [1.29, 1.82) is 0 Å². The number of nitrogens with one attached hydrogen (secondary N) is 3. The number of rotatable bonds is 7. The van der Waals surface area contributed by atoms with Crippen LogP contribution in [0, 0.1) is 6.92 Å². The number of hydrogen-bond donors (Lipinski definition) is 3. The van der Waals surface area contributed by atoms with E-state index in [1.165, 1.54) is 43.4 Å². The van der Waals surface area contributed by atoms with Gasteiger partial charge in [-0.2, -0.15) is 0 Å². The van der Waals surface area contributed by atoms with E-state index >= 15 is 0 Å². The van der Waals surface area contributed by atoms with E-state index in [2.05, 4.69) is 14.8 Å². The van der Waals surface area contributed by atoms with Crippen molar-refractivity contribution in [1.82, 2.24) is 4.72 Å². The molecule has 0 bridgehead atoms. The lowest BCUT2D eigenvalue weighted by Crippen LogP contribution is -2.20. The summed E-state index contributed by atoms with van der Waals surface area (Å²) in [6, 6.07) is 13.6. The first-order chi connectivity index (χ1) is 14.1. The number of hydrogen-bond acceptors (Lipinski definition) is 6. The topological polar surface area (TPSA) is 121 Å². The van der Waals surface area contributed by atoms with Crippen LogP contribution < -0.4 is 14.8 Å². The Hall–Kier alpha value is -2.73. The third-order valence-corrected chi connectivity index (χ3v) is 8.50. The fourth-order valence-electron chi connectivity index (χ4n) is 2.59. The van der Waals surface area contributed by atoms with Crippen molar-refractivity contribution >= 4 is 48.7 Å². The van der Waals surface area contributed by atoms with Gasteiger partial charge in [0.05, 0.1) is 4.90 Å². The maximum atomic E-state index is 12.5. The van der Waals surface area contributed by atoms with Crippen molar-refractivity contribution in [3.8, 4) is 0 Å². The Bertz CT molecular complexity index is 1270. The van der Waals surface area contributed by atoms with E-state index in [4.69, 9.17) is 0 Å². The Morgan fingerprint density at radius 2 is 1.57 bits per heavy atom. The largest absolute Gasteiger partial charge is 0.322 e. The second-order valence-electron chi connectivity index (χ2n) is 6.26. The van der Waals surface area contributed by atoms with Gasteiger partial charge in [-0.15, -0.1) is 11.3 Å². The molecule has 8 nitrogen and oxygen atoms in total. The fourth-order valence-corrected chi connectivity index (χ4v) is 5.64. The highest BCUT2D eigenvalue weighted by atomic mass is 32.2. The smallest absolute Gasteiger partial charge is 0.271 e. The number of thiophene rings is 1. The van der Waals surface area contributed by atoms with Gasteiger partial charge in [-0.1, -0.05) is 12.1 Å². The van der Waals surface area contributed by atoms with Crippen LogP contribution >= 0.6 is 11.3 Å². The van der Waals surface area contributed by atoms with Crippen LogP contribution in [0.1, 0.15) is 15.9 Å². The fraction of sp³-hybridized carbons (Fsp3) is 0.105. The molecule has 3 rings (SSSR count). The van der Waals surface area contributed by atoms with Crippen molar-refractivity contribution in [3.05, 3.63) is 71.1 Å². The zero-order chi connectivity index (χ0) is 21.9. The zero-order valence-corrected chi connectivity index (χ0v) is 18.5. The Morgan fingerprint density at radius 3 is 2.17 bits per heavy atom. The number of aryl methyl sites for hydroxylation is 1. The van der Waals surface area contributed by atoms with Gasteiger partial charge >= 0.3 is 0 Å². The van der Waals surface area contributed by atoms with Gasteiger partial charge in [-0.3, -0.25) is 9.52 Å². The normalized spacial score (nSPS) is 11.8. The minimum atomic E-state index is -3.67. The highest BCUT2D eigenvalue weighted by Crippen LogP contribution is 2.22. The Morgan fingerprint density at radius 1 is 0.900 bits per heavy atom. The number of amides is 1. The first-order valence-corrected chi connectivity index (χ1v) is 12.5. The maximum Gasteiger partial charge on any atom is 0.271 e. The molecule has 0 unspecified atom stereocenters. The molecule has 0 radical (unpaired) electrons. The summed E-state index contributed by atoms with van der Waals surface area (Å²) in [7, 11) is -6.02. The molecule has 0 spiro atoms. The Labute approximate surface area is 179 Å². The summed E-state index contributed by atoms with van der Waals surface area (Å²) in [6.45, 7) is 1.66. The van der Waals surface area contributed by atoms with Crippen LogP contribution in [0.5, 0.6) is 0 Å². The molecule has 3 N–H and O–H groups in total. The summed E-state index contributed by atoms with van der Waals surface area (Å²) in [6.07, 6.45) is 0. The molecule has 1 aromatic heterocycles. The molecule has 0 saturated carbocycles. The first kappa shape index (κ1) is 22.0. The molecule has 158 valence electrons. The average molecular weight is 466 g/mol. The van der Waals surface area contributed by atoms with Crippen molar-refractivity contribution in [2.24, 2.45) is 0 Å². The van der Waals surface area contributed by atoms with Crippen LogP contribution in [0.3, 0.4) is 0 Å². The van der Waals surface area contributed by atoms with Crippen LogP contribution in [0.2, 0.25) is 0 Å². The van der Waals surface area contributed by atoms with Gasteiger partial charge in [0.1, 0.15) is 4.21 Å². The summed E-state index contributed by atoms with van der Waals surface area (Å²) in [5, 5.41) is 4.31. The van der Waals surface area contributed by atoms with Crippen molar-refractivity contribution in [2.75, 3.05) is 17.1 Å². The maximum absolute atomic E-state index is 12.5. The molecule has 0 saturated heterocycles. The number of carbonyl (C=O) groups excluding carboxylic acids is 1. The predicted molar refractivity (Wildman–Crippen MR) is 117 cm³/mol. The van der Waals surface area contributed by atoms with Crippen LogP contribution in [0.4, 0.5) is 11.4 Å². The summed E-state index contributed by atoms with van der Waals surface area (Å²) in [4.78, 5) is 12.6. The zero-order valence-electron chi connectivity index (χ0n) is 16.0. The first-order valence-electron chi connectivity index (χ1n) is 8.64. The van der Waals surface area contributed by atoms with Gasteiger partial charge in [-0.05, 0) is 67.4 Å². The van der Waals surface area contributed by atoms with Crippen LogP contribution in [-0.4, -0.2) is 29.8 Å². The highest BCUT2D eigenvalue weighted by Gasteiger charge is 2.17. The van der Waals surface area contributed by atoms with Gasteiger partial charge in [-0.25, -0.2) is 21.6 Å². The Kier molecular flexibility index (Phi) is 6.27. The van der Waals surface area contributed by atoms with Crippen LogP contribution in [0.25, 0.3) is 0 Å². The van der Waals surface area contributed by atoms with Gasteiger partial charge in [0.15, 0.2) is 0 Å². The molecule has 0 fully saturated rings. The summed E-state index contributed by atoms with van der Waals surface area (Å²) >= 11 is 1.10. The second kappa shape index (κ2) is 8.56. The van der Waals surface area contributed by atoms with Crippen molar-refractivity contribution < 1.29 is 21.6 Å². The molecular formula is C19H19N3O5S3. The van der Waals surface area contributed by atoms with E-state index in [-0.39, 0.29) is 14.7 Å². The van der Waals surface area contributed by atoms with E-state index in [1.54, 1.807) is 30.5 Å². The summed E-state index contributed by atoms with van der Waals surface area (Å²) in [5.41, 5.74) is 1.47. The lowest BCUT2D eigenvalue weighted by atomic mass is 10.2. The highest BCUT2D eigenvalue weighted by molar-refractivity contribution is 7.94. The van der Waals surface area contributed by atoms with Crippen molar-refractivity contribution in [3.63, 3.8) is 0 Å². The number of benzene rings is 2. The quantitative estimate of drug-likeness (QED) is 0.495. The minimum Gasteiger partial charge on any atom is -0.322 e. The molecule has 30 heavy (non-hydrogen) atoms. The Balaban J connectivity index is 1.75. The molecular weight excluding hydrogens is 446 g/mol. The number of carbonyl (C=O) groups is 1. The van der Waals surface area contributed by atoms with Gasteiger partial charge in [0.25, 0.3) is 15.9 Å². The molecule has 2 aromatic carbocycles. The van der Waals surface area contributed by atoms with Crippen molar-refractivity contribution in [2.45, 2.75) is 16.0 Å². The second-order valence-corrected chi connectivity index (χ2v) is 11.0. The summed E-state index contributed by atoms with van der Waals surface area (Å²) in [5.74, 6) is -0.459. The molecule has 1 amide bonds. The summed E-state index contributed by atoms with van der Waals surface area (Å²) < 4.78 is 53.6. The number of anilines is 2. The van der Waals surface area contributed by atoms with E-state index in [0.717, 1.165) is 11.3 Å². The lowest BCUT2D eigenvalue weighted by Gasteiger charge is -2.11.